The van der Waals surface area contributed by atoms with Crippen molar-refractivity contribution in [1.82, 2.24) is 9.55 Å². The van der Waals surface area contributed by atoms with Crippen LogP contribution in [0, 0.1) is 20.8 Å². The highest BCUT2D eigenvalue weighted by Gasteiger charge is 2.19. The van der Waals surface area contributed by atoms with Gasteiger partial charge in [0.2, 0.25) is 11.3 Å². The van der Waals surface area contributed by atoms with Gasteiger partial charge in [0.1, 0.15) is 17.9 Å². The van der Waals surface area contributed by atoms with Crippen LogP contribution in [-0.4, -0.2) is 28.4 Å². The molecule has 172 valence electrons. The number of pyridine rings is 2. The fraction of sp³-hybridized carbons (Fsp3) is 0.185. The van der Waals surface area contributed by atoms with E-state index in [1.165, 1.54) is 13.3 Å². The molecule has 2 aromatic carbocycles. The second kappa shape index (κ2) is 9.31. The summed E-state index contributed by atoms with van der Waals surface area (Å²) < 4.78 is 6.70. The number of aromatic nitrogens is 2. The minimum absolute atomic E-state index is 0.0251. The van der Waals surface area contributed by atoms with Crippen LogP contribution in [0.25, 0.3) is 11.0 Å². The Balaban J connectivity index is 1.75. The van der Waals surface area contributed by atoms with Gasteiger partial charge in [0.25, 0.3) is 0 Å². The first-order valence-corrected chi connectivity index (χ1v) is 10.8. The molecular formula is C27H25N3O4. The molecule has 0 radical (unpaired) electrons. The smallest absolute Gasteiger partial charge is 0.244 e. The highest BCUT2D eigenvalue weighted by atomic mass is 16.5. The molecule has 1 N–H and O–H groups in total. The molecule has 2 heterocycles. The van der Waals surface area contributed by atoms with E-state index in [0.717, 1.165) is 11.1 Å². The third-order valence-corrected chi connectivity index (χ3v) is 5.64. The van der Waals surface area contributed by atoms with Crippen LogP contribution < -0.4 is 15.5 Å². The van der Waals surface area contributed by atoms with Crippen LogP contribution in [0.15, 0.2) is 65.6 Å². The Labute approximate surface area is 197 Å². The number of hydrogen-bond acceptors (Lipinski definition) is 5. The first-order valence-electron chi connectivity index (χ1n) is 10.8. The van der Waals surface area contributed by atoms with Gasteiger partial charge in [0, 0.05) is 23.1 Å². The van der Waals surface area contributed by atoms with Gasteiger partial charge in [-0.05, 0) is 74.4 Å². The summed E-state index contributed by atoms with van der Waals surface area (Å²) in [6.45, 7) is 5.57. The number of methoxy groups -OCH3 is 1. The molecule has 0 unspecified atom stereocenters. The maximum Gasteiger partial charge on any atom is 0.244 e. The van der Waals surface area contributed by atoms with Crippen molar-refractivity contribution in [2.75, 3.05) is 12.4 Å². The molecule has 7 nitrogen and oxygen atoms in total. The van der Waals surface area contributed by atoms with Gasteiger partial charge in [0.15, 0.2) is 5.78 Å². The molecule has 4 aromatic rings. The fourth-order valence-corrected chi connectivity index (χ4v) is 3.75. The second-order valence-electron chi connectivity index (χ2n) is 8.25. The molecule has 34 heavy (non-hydrogen) atoms. The average molecular weight is 456 g/mol. The van der Waals surface area contributed by atoms with Crippen molar-refractivity contribution in [2.24, 2.45) is 0 Å². The highest BCUT2D eigenvalue weighted by molar-refractivity contribution is 6.10. The van der Waals surface area contributed by atoms with E-state index in [2.05, 4.69) is 10.3 Å². The van der Waals surface area contributed by atoms with Gasteiger partial charge in [-0.2, -0.15) is 0 Å². The molecule has 0 saturated heterocycles. The molecule has 4 rings (SSSR count). The van der Waals surface area contributed by atoms with Crippen molar-refractivity contribution in [3.05, 3.63) is 99.0 Å². The van der Waals surface area contributed by atoms with Crippen molar-refractivity contribution in [3.8, 4) is 5.75 Å². The molecule has 0 atom stereocenters. The number of benzene rings is 2. The molecule has 0 aliphatic rings. The third-order valence-electron chi connectivity index (χ3n) is 5.64. The molecule has 7 heteroatoms. The van der Waals surface area contributed by atoms with Gasteiger partial charge in [-0.15, -0.1) is 0 Å². The molecule has 0 aliphatic heterocycles. The Morgan fingerprint density at radius 3 is 2.44 bits per heavy atom. The summed E-state index contributed by atoms with van der Waals surface area (Å²) >= 11 is 0. The number of amides is 1. The van der Waals surface area contributed by atoms with E-state index in [1.807, 2.05) is 32.0 Å². The number of carbonyl (C=O) groups excluding carboxylic acids is 2. The minimum Gasteiger partial charge on any atom is -0.497 e. The van der Waals surface area contributed by atoms with E-state index in [-0.39, 0.29) is 23.4 Å². The summed E-state index contributed by atoms with van der Waals surface area (Å²) in [7, 11) is 1.54. The summed E-state index contributed by atoms with van der Waals surface area (Å²) in [4.78, 5) is 43.8. The molecule has 0 saturated carbocycles. The minimum atomic E-state index is -0.432. The van der Waals surface area contributed by atoms with Crippen molar-refractivity contribution in [1.29, 1.82) is 0 Å². The second-order valence-corrected chi connectivity index (χ2v) is 8.25. The first kappa shape index (κ1) is 22.9. The first-order chi connectivity index (χ1) is 16.3. The number of rotatable bonds is 6. The van der Waals surface area contributed by atoms with E-state index in [4.69, 9.17) is 4.74 Å². The van der Waals surface area contributed by atoms with Gasteiger partial charge in [-0.3, -0.25) is 14.4 Å². The monoisotopic (exact) mass is 455 g/mol. The van der Waals surface area contributed by atoms with Gasteiger partial charge < -0.3 is 14.6 Å². The number of ketones is 1. The number of anilines is 1. The van der Waals surface area contributed by atoms with Gasteiger partial charge in [0.05, 0.1) is 18.1 Å². The fourth-order valence-electron chi connectivity index (χ4n) is 3.75. The van der Waals surface area contributed by atoms with E-state index < -0.39 is 11.2 Å². The van der Waals surface area contributed by atoms with Crippen molar-refractivity contribution in [3.63, 3.8) is 0 Å². The van der Waals surface area contributed by atoms with Crippen molar-refractivity contribution < 1.29 is 14.3 Å². The quantitative estimate of drug-likeness (QED) is 0.440. The molecule has 0 aliphatic carbocycles. The normalized spacial score (nSPS) is 10.8. The Kier molecular flexibility index (Phi) is 6.27. The van der Waals surface area contributed by atoms with Gasteiger partial charge in [-0.25, -0.2) is 4.98 Å². The molecular weight excluding hydrogens is 430 g/mol. The zero-order valence-corrected chi connectivity index (χ0v) is 19.5. The van der Waals surface area contributed by atoms with Gasteiger partial charge >= 0.3 is 0 Å². The molecule has 0 spiro atoms. The van der Waals surface area contributed by atoms with Crippen LogP contribution in [0.4, 0.5) is 5.69 Å². The lowest BCUT2D eigenvalue weighted by Crippen LogP contribution is -2.25. The zero-order chi connectivity index (χ0) is 24.4. The van der Waals surface area contributed by atoms with Crippen LogP contribution in [0.2, 0.25) is 0 Å². The standard InChI is InChI=1S/C27H25N3O4/c1-16-5-6-17(2)23(13-16)29-24(31)15-30-14-22(25(32)19-8-10-20(34-4)11-9-19)26(33)21-12-7-18(3)28-27(21)30/h5-14H,15H2,1-4H3,(H,29,31). The predicted octanol–water partition coefficient (Wildman–Crippen LogP) is 4.20. The summed E-state index contributed by atoms with van der Waals surface area (Å²) in [5.74, 6) is -0.112. The van der Waals surface area contributed by atoms with Crippen LogP contribution in [0.3, 0.4) is 0 Å². The lowest BCUT2D eigenvalue weighted by Gasteiger charge is -2.14. The number of aryl methyl sites for hydroxylation is 3. The Morgan fingerprint density at radius 2 is 1.74 bits per heavy atom. The van der Waals surface area contributed by atoms with Crippen LogP contribution in [0.5, 0.6) is 5.75 Å². The molecule has 0 fully saturated rings. The van der Waals surface area contributed by atoms with Crippen LogP contribution >= 0.6 is 0 Å². The largest absolute Gasteiger partial charge is 0.497 e. The maximum atomic E-state index is 13.2. The molecule has 1 amide bonds. The number of hydrogen-bond donors (Lipinski definition) is 1. The zero-order valence-electron chi connectivity index (χ0n) is 19.5. The van der Waals surface area contributed by atoms with Crippen molar-refractivity contribution >= 4 is 28.4 Å². The number of carbonyl (C=O) groups is 2. The van der Waals surface area contributed by atoms with Crippen LogP contribution in [0.1, 0.15) is 32.7 Å². The van der Waals surface area contributed by atoms with E-state index in [9.17, 15) is 14.4 Å². The average Bonchev–Trinajstić information content (AvgIpc) is 2.82. The number of ether oxygens (including phenoxy) is 1. The Hall–Kier alpha value is -4.26. The summed E-state index contributed by atoms with van der Waals surface area (Å²) in [5, 5.41) is 3.20. The SMILES string of the molecule is COc1ccc(C(=O)c2cn(CC(=O)Nc3cc(C)ccc3C)c3nc(C)ccc3c2=O)cc1. The highest BCUT2D eigenvalue weighted by Crippen LogP contribution is 2.19. The summed E-state index contributed by atoms with van der Waals surface area (Å²) in [5.41, 5.74) is 3.64. The van der Waals surface area contributed by atoms with E-state index in [0.29, 0.717) is 28.3 Å². The lowest BCUT2D eigenvalue weighted by molar-refractivity contribution is -0.116. The molecule has 0 bridgehead atoms. The maximum absolute atomic E-state index is 13.2. The Morgan fingerprint density at radius 1 is 1.00 bits per heavy atom. The van der Waals surface area contributed by atoms with Crippen molar-refractivity contribution in [2.45, 2.75) is 27.3 Å². The van der Waals surface area contributed by atoms with Crippen LogP contribution in [-0.2, 0) is 11.3 Å². The summed E-state index contributed by atoms with van der Waals surface area (Å²) in [6.07, 6.45) is 1.42. The topological polar surface area (TPSA) is 90.3 Å². The number of nitrogens with one attached hydrogen (secondary N) is 1. The molecule has 2 aromatic heterocycles. The number of fused-ring (bicyclic) bond motifs is 1. The Bertz CT molecular complexity index is 1470. The third kappa shape index (κ3) is 4.59. The predicted molar refractivity (Wildman–Crippen MR) is 132 cm³/mol. The van der Waals surface area contributed by atoms with Gasteiger partial charge in [-0.1, -0.05) is 12.1 Å². The lowest BCUT2D eigenvalue weighted by atomic mass is 10.0. The van der Waals surface area contributed by atoms with E-state index in [1.54, 1.807) is 47.9 Å². The van der Waals surface area contributed by atoms with E-state index >= 15 is 0 Å². The summed E-state index contributed by atoms with van der Waals surface area (Å²) in [6, 6.07) is 15.7. The number of nitrogens with zero attached hydrogens (tertiary/aromatic N) is 2.